The Morgan fingerprint density at radius 3 is 2.39 bits per heavy atom. The molecule has 3 aromatic rings. The molecule has 1 fully saturated rings. The molecule has 0 radical (unpaired) electrons. The lowest BCUT2D eigenvalue weighted by Gasteiger charge is -2.32. The molecular formula is C25H29N5O2S. The lowest BCUT2D eigenvalue weighted by Crippen LogP contribution is -2.43. The summed E-state index contributed by atoms with van der Waals surface area (Å²) < 4.78 is 0. The van der Waals surface area contributed by atoms with Gasteiger partial charge in [-0.15, -0.1) is 11.3 Å². The average molecular weight is 464 g/mol. The zero-order valence-electron chi connectivity index (χ0n) is 19.0. The predicted molar refractivity (Wildman–Crippen MR) is 133 cm³/mol. The number of carbonyl (C=O) groups is 2. The van der Waals surface area contributed by atoms with E-state index in [1.54, 1.807) is 35.6 Å². The van der Waals surface area contributed by atoms with Crippen LogP contribution in [0.4, 0.5) is 11.4 Å². The molecule has 0 spiro atoms. The van der Waals surface area contributed by atoms with Crippen LogP contribution in [-0.2, 0) is 22.6 Å². The van der Waals surface area contributed by atoms with Crippen molar-refractivity contribution in [2.24, 2.45) is 0 Å². The van der Waals surface area contributed by atoms with Crippen molar-refractivity contribution < 1.29 is 9.59 Å². The molecule has 1 aliphatic rings. The van der Waals surface area contributed by atoms with E-state index < -0.39 is 0 Å². The molecule has 2 N–H and O–H groups in total. The van der Waals surface area contributed by atoms with Crippen molar-refractivity contribution in [3.05, 3.63) is 65.2 Å². The minimum atomic E-state index is -0.129. The maximum atomic E-state index is 12.5. The molecule has 1 saturated heterocycles. The zero-order valence-corrected chi connectivity index (χ0v) is 19.8. The van der Waals surface area contributed by atoms with Crippen LogP contribution in [0.3, 0.4) is 0 Å². The zero-order chi connectivity index (χ0) is 23.2. The molecule has 0 aliphatic carbocycles. The molecule has 7 nitrogen and oxygen atoms in total. The van der Waals surface area contributed by atoms with Gasteiger partial charge in [0.05, 0.1) is 12.1 Å². The quantitative estimate of drug-likeness (QED) is 0.559. The lowest BCUT2D eigenvalue weighted by molar-refractivity contribution is -0.116. The summed E-state index contributed by atoms with van der Waals surface area (Å²) >= 11 is 1.56. The summed E-state index contributed by atoms with van der Waals surface area (Å²) in [6.45, 7) is 6.80. The van der Waals surface area contributed by atoms with Gasteiger partial charge < -0.3 is 15.5 Å². The molecule has 172 valence electrons. The number of nitrogens with one attached hydrogen (secondary N) is 2. The van der Waals surface area contributed by atoms with Crippen molar-refractivity contribution in [1.29, 1.82) is 0 Å². The molecule has 0 saturated carbocycles. The Bertz CT molecular complexity index is 1100. The van der Waals surface area contributed by atoms with Gasteiger partial charge in [0.1, 0.15) is 5.01 Å². The first-order chi connectivity index (χ1) is 15.9. The molecule has 1 aliphatic heterocycles. The van der Waals surface area contributed by atoms with E-state index in [9.17, 15) is 9.59 Å². The third-order valence-corrected chi connectivity index (χ3v) is 6.50. The van der Waals surface area contributed by atoms with Crippen molar-refractivity contribution in [3.63, 3.8) is 0 Å². The Morgan fingerprint density at radius 2 is 1.70 bits per heavy atom. The molecule has 2 amide bonds. The predicted octanol–water partition coefficient (Wildman–Crippen LogP) is 3.70. The van der Waals surface area contributed by atoms with Gasteiger partial charge in [-0.05, 0) is 42.9 Å². The van der Waals surface area contributed by atoms with E-state index in [4.69, 9.17) is 4.98 Å². The number of piperazine rings is 1. The normalized spacial score (nSPS) is 14.7. The Hall–Kier alpha value is -3.07. The maximum absolute atomic E-state index is 12.5. The van der Waals surface area contributed by atoms with Gasteiger partial charge in [0.2, 0.25) is 11.8 Å². The fraction of sp³-hybridized carbons (Fsp3) is 0.320. The lowest BCUT2D eigenvalue weighted by atomic mass is 10.1. The first-order valence-electron chi connectivity index (χ1n) is 11.1. The number of hydrogen-bond donors (Lipinski definition) is 2. The number of carbonyl (C=O) groups excluding carboxylic acids is 2. The first kappa shape index (κ1) is 23.1. The minimum absolute atomic E-state index is 0.122. The van der Waals surface area contributed by atoms with Crippen LogP contribution in [0.15, 0.2) is 53.9 Å². The molecule has 2 heterocycles. The number of nitrogens with zero attached hydrogens (tertiary/aromatic N) is 3. The highest BCUT2D eigenvalue weighted by molar-refractivity contribution is 7.13. The Labute approximate surface area is 198 Å². The van der Waals surface area contributed by atoms with E-state index >= 15 is 0 Å². The monoisotopic (exact) mass is 463 g/mol. The van der Waals surface area contributed by atoms with Crippen LogP contribution in [0, 0.1) is 0 Å². The fourth-order valence-corrected chi connectivity index (χ4v) is 4.61. The van der Waals surface area contributed by atoms with Crippen LogP contribution in [0.1, 0.15) is 18.2 Å². The van der Waals surface area contributed by atoms with Gasteiger partial charge in [0.25, 0.3) is 0 Å². The number of rotatable bonds is 7. The number of benzene rings is 2. The number of anilines is 2. The SMILES string of the molecule is CC(=O)Nc1ccc(NC(=O)Cc2csc(-c3cccc(CN4CCN(C)CC4)c3)n2)cc1. The number of thiazole rings is 1. The number of amides is 2. The highest BCUT2D eigenvalue weighted by atomic mass is 32.1. The van der Waals surface area contributed by atoms with E-state index in [2.05, 4.69) is 51.7 Å². The van der Waals surface area contributed by atoms with Crippen LogP contribution in [-0.4, -0.2) is 59.8 Å². The van der Waals surface area contributed by atoms with Gasteiger partial charge in [-0.1, -0.05) is 18.2 Å². The van der Waals surface area contributed by atoms with Crippen LogP contribution < -0.4 is 10.6 Å². The van der Waals surface area contributed by atoms with E-state index in [1.807, 2.05) is 5.38 Å². The summed E-state index contributed by atoms with van der Waals surface area (Å²) in [4.78, 5) is 33.1. The van der Waals surface area contributed by atoms with Crippen molar-refractivity contribution in [1.82, 2.24) is 14.8 Å². The van der Waals surface area contributed by atoms with Crippen LogP contribution in [0.2, 0.25) is 0 Å². The Balaban J connectivity index is 1.34. The third-order valence-electron chi connectivity index (χ3n) is 5.56. The van der Waals surface area contributed by atoms with E-state index in [0.29, 0.717) is 11.4 Å². The molecular weight excluding hydrogens is 434 g/mol. The summed E-state index contributed by atoms with van der Waals surface area (Å²) in [7, 11) is 2.17. The standard InChI is InChI=1S/C25H29N5O2S/c1-18(31)26-21-6-8-22(9-7-21)27-24(32)15-23-17-33-25(28-23)20-5-3-4-19(14-20)16-30-12-10-29(2)11-13-30/h3-9,14,17H,10-13,15-16H2,1-2H3,(H,26,31)(H,27,32). The summed E-state index contributed by atoms with van der Waals surface area (Å²) in [6, 6.07) is 15.6. The third kappa shape index (κ3) is 6.71. The number of hydrogen-bond acceptors (Lipinski definition) is 6. The molecule has 8 heteroatoms. The summed E-state index contributed by atoms with van der Waals surface area (Å²) in [6.07, 6.45) is 0.213. The van der Waals surface area contributed by atoms with Gasteiger partial charge >= 0.3 is 0 Å². The van der Waals surface area contributed by atoms with Crippen LogP contribution in [0.5, 0.6) is 0 Å². The van der Waals surface area contributed by atoms with Crippen molar-refractivity contribution in [3.8, 4) is 10.6 Å². The second-order valence-corrected chi connectivity index (χ2v) is 9.27. The van der Waals surface area contributed by atoms with Crippen molar-refractivity contribution in [2.75, 3.05) is 43.9 Å². The Morgan fingerprint density at radius 1 is 1.00 bits per heavy atom. The van der Waals surface area contributed by atoms with E-state index in [1.165, 1.54) is 12.5 Å². The summed E-state index contributed by atoms with van der Waals surface area (Å²) in [5.74, 6) is -0.251. The minimum Gasteiger partial charge on any atom is -0.326 e. The van der Waals surface area contributed by atoms with Gasteiger partial charge in [0, 0.05) is 62.0 Å². The highest BCUT2D eigenvalue weighted by Gasteiger charge is 2.15. The van der Waals surface area contributed by atoms with E-state index in [0.717, 1.165) is 49.0 Å². The molecule has 2 aromatic carbocycles. The van der Waals surface area contributed by atoms with Crippen LogP contribution in [0.25, 0.3) is 10.6 Å². The van der Waals surface area contributed by atoms with Gasteiger partial charge in [-0.25, -0.2) is 4.98 Å². The average Bonchev–Trinajstić information content (AvgIpc) is 3.25. The number of likely N-dealkylation sites (N-methyl/N-ethyl adjacent to an activating group) is 1. The van der Waals surface area contributed by atoms with Gasteiger partial charge in [-0.3, -0.25) is 14.5 Å². The van der Waals surface area contributed by atoms with E-state index in [-0.39, 0.29) is 18.2 Å². The summed E-state index contributed by atoms with van der Waals surface area (Å²) in [5, 5.41) is 8.46. The highest BCUT2D eigenvalue weighted by Crippen LogP contribution is 2.25. The van der Waals surface area contributed by atoms with Gasteiger partial charge in [-0.2, -0.15) is 0 Å². The molecule has 33 heavy (non-hydrogen) atoms. The maximum Gasteiger partial charge on any atom is 0.230 e. The summed E-state index contributed by atoms with van der Waals surface area (Å²) in [5.41, 5.74) is 4.51. The largest absolute Gasteiger partial charge is 0.326 e. The second-order valence-electron chi connectivity index (χ2n) is 8.41. The van der Waals surface area contributed by atoms with Crippen LogP contribution >= 0.6 is 11.3 Å². The molecule has 4 rings (SSSR count). The number of aromatic nitrogens is 1. The fourth-order valence-electron chi connectivity index (χ4n) is 3.80. The second kappa shape index (κ2) is 10.7. The topological polar surface area (TPSA) is 77.6 Å². The molecule has 1 aromatic heterocycles. The molecule has 0 unspecified atom stereocenters. The van der Waals surface area contributed by atoms with Crippen molar-refractivity contribution in [2.45, 2.75) is 19.9 Å². The smallest absolute Gasteiger partial charge is 0.230 e. The van der Waals surface area contributed by atoms with Crippen molar-refractivity contribution >= 4 is 34.5 Å². The molecule has 0 atom stereocenters. The molecule has 0 bridgehead atoms. The van der Waals surface area contributed by atoms with Gasteiger partial charge in [0.15, 0.2) is 0 Å². The Kier molecular flexibility index (Phi) is 7.49. The first-order valence-corrected chi connectivity index (χ1v) is 11.9.